The molecular weight excluding hydrogens is 264 g/mol. The van der Waals surface area contributed by atoms with E-state index in [2.05, 4.69) is 48.1 Å². The molecule has 3 rings (SSSR count). The van der Waals surface area contributed by atoms with Crippen LogP contribution < -0.4 is 0 Å². The van der Waals surface area contributed by atoms with Crippen molar-refractivity contribution in [3.05, 3.63) is 59.5 Å². The van der Waals surface area contributed by atoms with Crippen LogP contribution in [0.25, 0.3) is 10.9 Å². The van der Waals surface area contributed by atoms with E-state index >= 15 is 0 Å². The molecule has 0 atom stereocenters. The van der Waals surface area contributed by atoms with E-state index in [1.54, 1.807) is 18.0 Å². The van der Waals surface area contributed by atoms with Crippen LogP contribution in [0.4, 0.5) is 0 Å². The first-order valence-electron chi connectivity index (χ1n) is 6.60. The summed E-state index contributed by atoms with van der Waals surface area (Å²) in [5.74, 6) is 0. The zero-order chi connectivity index (χ0) is 14.1. The molecule has 2 aromatic heterocycles. The summed E-state index contributed by atoms with van der Waals surface area (Å²) in [6.45, 7) is 6.31. The second-order valence-electron chi connectivity index (χ2n) is 5.03. The zero-order valence-electron chi connectivity index (χ0n) is 11.8. The molecule has 0 aliphatic carbocycles. The minimum Gasteiger partial charge on any atom is -0.264 e. The molecule has 3 heteroatoms. The van der Waals surface area contributed by atoms with Gasteiger partial charge in [-0.1, -0.05) is 29.5 Å². The van der Waals surface area contributed by atoms with Gasteiger partial charge in [-0.15, -0.1) is 0 Å². The first kappa shape index (κ1) is 13.1. The minimum absolute atomic E-state index is 1.01. The maximum atomic E-state index is 4.56. The summed E-state index contributed by atoms with van der Waals surface area (Å²) in [4.78, 5) is 11.3. The number of aromatic nitrogens is 2. The Labute approximate surface area is 123 Å². The number of rotatable bonds is 2. The molecule has 0 aliphatic heterocycles. The fraction of sp³-hybridized carbons (Fsp3) is 0.176. The second kappa shape index (κ2) is 5.25. The molecular formula is C17H16N2S. The molecule has 0 fully saturated rings. The first-order chi connectivity index (χ1) is 9.63. The lowest BCUT2D eigenvalue weighted by Crippen LogP contribution is -1.89. The van der Waals surface area contributed by atoms with Gasteiger partial charge in [0.2, 0.25) is 0 Å². The van der Waals surface area contributed by atoms with E-state index < -0.39 is 0 Å². The van der Waals surface area contributed by atoms with Crippen LogP contribution in [0.15, 0.2) is 52.5 Å². The lowest BCUT2D eigenvalue weighted by atomic mass is 10.2. The van der Waals surface area contributed by atoms with Crippen LogP contribution in [-0.2, 0) is 0 Å². The SMILES string of the molecule is Cc1ccc(Sc2cc(C)nc3ccncc23)c(C)c1. The lowest BCUT2D eigenvalue weighted by Gasteiger charge is -2.09. The lowest BCUT2D eigenvalue weighted by molar-refractivity contribution is 1.20. The van der Waals surface area contributed by atoms with E-state index in [0.29, 0.717) is 0 Å². The van der Waals surface area contributed by atoms with Crippen molar-refractivity contribution < 1.29 is 0 Å². The van der Waals surface area contributed by atoms with Crippen LogP contribution in [0.1, 0.15) is 16.8 Å². The Bertz CT molecular complexity index is 781. The Balaban J connectivity index is 2.10. The molecule has 100 valence electrons. The molecule has 0 saturated carbocycles. The van der Waals surface area contributed by atoms with Gasteiger partial charge in [0.25, 0.3) is 0 Å². The standard InChI is InChI=1S/C17H16N2S/c1-11-4-5-16(12(2)8-11)20-17-9-13(3)19-15-6-7-18-10-14(15)17/h4-10H,1-3H3. The van der Waals surface area contributed by atoms with Gasteiger partial charge in [-0.3, -0.25) is 9.97 Å². The van der Waals surface area contributed by atoms with Crippen LogP contribution in [0.3, 0.4) is 0 Å². The van der Waals surface area contributed by atoms with Crippen molar-refractivity contribution in [3.8, 4) is 0 Å². The third kappa shape index (κ3) is 2.54. The average Bonchev–Trinajstić information content (AvgIpc) is 2.41. The van der Waals surface area contributed by atoms with Gasteiger partial charge in [0, 0.05) is 33.3 Å². The number of nitrogens with zero attached hydrogens (tertiary/aromatic N) is 2. The molecule has 0 saturated heterocycles. The highest BCUT2D eigenvalue weighted by Crippen LogP contribution is 2.35. The van der Waals surface area contributed by atoms with Crippen molar-refractivity contribution in [2.24, 2.45) is 0 Å². The molecule has 0 radical (unpaired) electrons. The monoisotopic (exact) mass is 280 g/mol. The average molecular weight is 280 g/mol. The van der Waals surface area contributed by atoms with Crippen molar-refractivity contribution in [1.82, 2.24) is 9.97 Å². The van der Waals surface area contributed by atoms with Gasteiger partial charge >= 0.3 is 0 Å². The molecule has 0 bridgehead atoms. The molecule has 1 aromatic carbocycles. The highest BCUT2D eigenvalue weighted by atomic mass is 32.2. The van der Waals surface area contributed by atoms with Gasteiger partial charge in [-0.05, 0) is 44.5 Å². The van der Waals surface area contributed by atoms with Crippen LogP contribution >= 0.6 is 11.8 Å². The fourth-order valence-corrected chi connectivity index (χ4v) is 3.37. The maximum absolute atomic E-state index is 4.56. The van der Waals surface area contributed by atoms with Gasteiger partial charge in [0.1, 0.15) is 0 Å². The van der Waals surface area contributed by atoms with Gasteiger partial charge in [0.15, 0.2) is 0 Å². The summed E-state index contributed by atoms with van der Waals surface area (Å²) in [5, 5.41) is 1.11. The molecule has 0 spiro atoms. The van der Waals surface area contributed by atoms with Gasteiger partial charge in [0.05, 0.1) is 5.52 Å². The van der Waals surface area contributed by atoms with E-state index in [1.165, 1.54) is 20.9 Å². The van der Waals surface area contributed by atoms with E-state index in [4.69, 9.17) is 0 Å². The second-order valence-corrected chi connectivity index (χ2v) is 6.11. The predicted molar refractivity (Wildman–Crippen MR) is 84.3 cm³/mol. The normalized spacial score (nSPS) is 10.9. The number of pyridine rings is 2. The Morgan fingerprint density at radius 1 is 0.950 bits per heavy atom. The third-order valence-electron chi connectivity index (χ3n) is 3.25. The maximum Gasteiger partial charge on any atom is 0.0747 e. The number of aryl methyl sites for hydroxylation is 3. The smallest absolute Gasteiger partial charge is 0.0747 e. The molecule has 20 heavy (non-hydrogen) atoms. The number of benzene rings is 1. The van der Waals surface area contributed by atoms with Crippen molar-refractivity contribution in [2.45, 2.75) is 30.6 Å². The van der Waals surface area contributed by atoms with Crippen LogP contribution in [-0.4, -0.2) is 9.97 Å². The van der Waals surface area contributed by atoms with Crippen LogP contribution in [0.5, 0.6) is 0 Å². The summed E-state index contributed by atoms with van der Waals surface area (Å²) >= 11 is 1.79. The minimum atomic E-state index is 1.01. The Kier molecular flexibility index (Phi) is 3.45. The largest absolute Gasteiger partial charge is 0.264 e. The Hall–Kier alpha value is -1.87. The zero-order valence-corrected chi connectivity index (χ0v) is 12.7. The molecule has 0 aliphatic rings. The van der Waals surface area contributed by atoms with E-state index in [-0.39, 0.29) is 0 Å². The molecule has 0 amide bonds. The molecule has 2 nitrogen and oxygen atoms in total. The highest BCUT2D eigenvalue weighted by Gasteiger charge is 2.07. The van der Waals surface area contributed by atoms with Crippen molar-refractivity contribution in [3.63, 3.8) is 0 Å². The van der Waals surface area contributed by atoms with E-state index in [9.17, 15) is 0 Å². The van der Waals surface area contributed by atoms with E-state index in [1.807, 2.05) is 19.2 Å². The summed E-state index contributed by atoms with van der Waals surface area (Å²) in [6.07, 6.45) is 3.69. The molecule has 2 heterocycles. The van der Waals surface area contributed by atoms with Gasteiger partial charge in [-0.2, -0.15) is 0 Å². The quantitative estimate of drug-likeness (QED) is 0.680. The van der Waals surface area contributed by atoms with Crippen molar-refractivity contribution in [1.29, 1.82) is 0 Å². The number of fused-ring (bicyclic) bond motifs is 1. The first-order valence-corrected chi connectivity index (χ1v) is 7.41. The summed E-state index contributed by atoms with van der Waals surface area (Å²) < 4.78 is 0. The topological polar surface area (TPSA) is 25.8 Å². The van der Waals surface area contributed by atoms with Gasteiger partial charge < -0.3 is 0 Å². The molecule has 3 aromatic rings. The summed E-state index contributed by atoms with van der Waals surface area (Å²) in [7, 11) is 0. The fourth-order valence-electron chi connectivity index (χ4n) is 2.28. The van der Waals surface area contributed by atoms with Gasteiger partial charge in [-0.25, -0.2) is 0 Å². The number of hydrogen-bond donors (Lipinski definition) is 0. The van der Waals surface area contributed by atoms with Crippen molar-refractivity contribution >= 4 is 22.7 Å². The third-order valence-corrected chi connectivity index (χ3v) is 4.49. The van der Waals surface area contributed by atoms with Crippen LogP contribution in [0.2, 0.25) is 0 Å². The van der Waals surface area contributed by atoms with Crippen LogP contribution in [0, 0.1) is 20.8 Å². The summed E-state index contributed by atoms with van der Waals surface area (Å²) in [6, 6.07) is 10.7. The Morgan fingerprint density at radius 2 is 1.80 bits per heavy atom. The predicted octanol–water partition coefficient (Wildman–Crippen LogP) is 4.71. The number of hydrogen-bond acceptors (Lipinski definition) is 3. The van der Waals surface area contributed by atoms with Crippen molar-refractivity contribution in [2.75, 3.05) is 0 Å². The molecule has 0 N–H and O–H groups in total. The Morgan fingerprint density at radius 3 is 2.60 bits per heavy atom. The summed E-state index contributed by atoms with van der Waals surface area (Å²) in [5.41, 5.74) is 4.65. The molecule has 0 unspecified atom stereocenters. The van der Waals surface area contributed by atoms with E-state index in [0.717, 1.165) is 16.6 Å². The highest BCUT2D eigenvalue weighted by molar-refractivity contribution is 7.99.